The zero-order valence-corrected chi connectivity index (χ0v) is 16.8. The third-order valence-electron chi connectivity index (χ3n) is 5.30. The van der Waals surface area contributed by atoms with Crippen molar-refractivity contribution in [1.82, 2.24) is 20.0 Å². The molecule has 2 heterocycles. The van der Waals surface area contributed by atoms with Crippen LogP contribution >= 0.6 is 0 Å². The number of halogens is 1. The van der Waals surface area contributed by atoms with Crippen LogP contribution in [0.25, 0.3) is 16.9 Å². The SMILES string of the molecule is O=C(NCCN1CCCC1)c1cc(-c2ccc(F)cc2)nn1-c1ccc([N+](=O)[O-])cc1. The van der Waals surface area contributed by atoms with E-state index < -0.39 is 4.92 Å². The van der Waals surface area contributed by atoms with Crippen LogP contribution < -0.4 is 5.32 Å². The molecule has 1 aliphatic heterocycles. The first-order chi connectivity index (χ1) is 15.0. The van der Waals surface area contributed by atoms with Gasteiger partial charge in [0.15, 0.2) is 0 Å². The summed E-state index contributed by atoms with van der Waals surface area (Å²) in [5.74, 6) is -0.656. The molecule has 0 bridgehead atoms. The summed E-state index contributed by atoms with van der Waals surface area (Å²) >= 11 is 0. The van der Waals surface area contributed by atoms with Gasteiger partial charge in [-0.05, 0) is 68.4 Å². The molecule has 1 saturated heterocycles. The summed E-state index contributed by atoms with van der Waals surface area (Å²) in [5.41, 5.74) is 1.93. The van der Waals surface area contributed by atoms with Crippen molar-refractivity contribution in [2.24, 2.45) is 0 Å². The van der Waals surface area contributed by atoms with Crippen LogP contribution in [-0.2, 0) is 0 Å². The number of likely N-dealkylation sites (tertiary alicyclic amines) is 1. The maximum absolute atomic E-state index is 13.3. The molecule has 2 aromatic carbocycles. The highest BCUT2D eigenvalue weighted by Crippen LogP contribution is 2.23. The lowest BCUT2D eigenvalue weighted by Crippen LogP contribution is -2.34. The van der Waals surface area contributed by atoms with Crippen molar-refractivity contribution in [2.45, 2.75) is 12.8 Å². The normalized spacial score (nSPS) is 14.0. The van der Waals surface area contributed by atoms with Crippen LogP contribution in [0.15, 0.2) is 54.6 Å². The fraction of sp³-hybridized carbons (Fsp3) is 0.273. The first kappa shape index (κ1) is 20.7. The zero-order valence-electron chi connectivity index (χ0n) is 16.8. The molecule has 0 aliphatic carbocycles. The van der Waals surface area contributed by atoms with Crippen LogP contribution in [0.1, 0.15) is 23.3 Å². The van der Waals surface area contributed by atoms with Gasteiger partial charge in [-0.1, -0.05) is 0 Å². The molecular weight excluding hydrogens is 401 g/mol. The molecule has 160 valence electrons. The molecule has 0 unspecified atom stereocenters. The van der Waals surface area contributed by atoms with E-state index in [1.54, 1.807) is 30.3 Å². The summed E-state index contributed by atoms with van der Waals surface area (Å²) in [6, 6.07) is 13.3. The Morgan fingerprint density at radius 1 is 1.10 bits per heavy atom. The van der Waals surface area contributed by atoms with Gasteiger partial charge in [-0.3, -0.25) is 14.9 Å². The molecule has 31 heavy (non-hydrogen) atoms. The summed E-state index contributed by atoms with van der Waals surface area (Å²) < 4.78 is 14.8. The summed E-state index contributed by atoms with van der Waals surface area (Å²) in [7, 11) is 0. The molecule has 8 nitrogen and oxygen atoms in total. The van der Waals surface area contributed by atoms with E-state index in [4.69, 9.17) is 0 Å². The van der Waals surface area contributed by atoms with E-state index in [0.29, 0.717) is 29.2 Å². The Kier molecular flexibility index (Phi) is 6.03. The Bertz CT molecular complexity index is 1070. The molecule has 0 spiro atoms. The van der Waals surface area contributed by atoms with Gasteiger partial charge >= 0.3 is 0 Å². The van der Waals surface area contributed by atoms with Crippen molar-refractivity contribution < 1.29 is 14.1 Å². The van der Waals surface area contributed by atoms with Crippen molar-refractivity contribution in [3.05, 3.63) is 76.2 Å². The number of benzene rings is 2. The van der Waals surface area contributed by atoms with Crippen LogP contribution in [0.3, 0.4) is 0 Å². The van der Waals surface area contributed by atoms with Crippen LogP contribution in [0.4, 0.5) is 10.1 Å². The quantitative estimate of drug-likeness (QED) is 0.464. The highest BCUT2D eigenvalue weighted by atomic mass is 19.1. The van der Waals surface area contributed by atoms with Gasteiger partial charge in [-0.25, -0.2) is 9.07 Å². The molecule has 1 aliphatic rings. The summed E-state index contributed by atoms with van der Waals surface area (Å²) in [5, 5.41) is 18.4. The van der Waals surface area contributed by atoms with Crippen molar-refractivity contribution in [1.29, 1.82) is 0 Å². The molecule has 1 amide bonds. The van der Waals surface area contributed by atoms with Gasteiger partial charge in [0.2, 0.25) is 0 Å². The molecule has 0 atom stereocenters. The van der Waals surface area contributed by atoms with E-state index in [1.807, 2.05) is 0 Å². The van der Waals surface area contributed by atoms with Gasteiger partial charge in [-0.15, -0.1) is 0 Å². The van der Waals surface area contributed by atoms with Crippen molar-refractivity contribution in [3.63, 3.8) is 0 Å². The van der Waals surface area contributed by atoms with Crippen LogP contribution in [0.5, 0.6) is 0 Å². The second-order valence-corrected chi connectivity index (χ2v) is 7.41. The number of non-ortho nitro benzene ring substituents is 1. The number of hydrogen-bond donors (Lipinski definition) is 1. The van der Waals surface area contributed by atoms with Gasteiger partial charge in [0, 0.05) is 30.8 Å². The van der Waals surface area contributed by atoms with Gasteiger partial charge in [0.25, 0.3) is 11.6 Å². The molecule has 3 aromatic rings. The first-order valence-corrected chi connectivity index (χ1v) is 10.1. The number of aromatic nitrogens is 2. The lowest BCUT2D eigenvalue weighted by molar-refractivity contribution is -0.384. The second-order valence-electron chi connectivity index (χ2n) is 7.41. The van der Waals surface area contributed by atoms with Gasteiger partial charge in [-0.2, -0.15) is 5.10 Å². The molecule has 1 N–H and O–H groups in total. The molecule has 1 fully saturated rings. The van der Waals surface area contributed by atoms with E-state index in [1.165, 1.54) is 41.8 Å². The molecule has 4 rings (SSSR count). The monoisotopic (exact) mass is 423 g/mol. The van der Waals surface area contributed by atoms with Crippen molar-refractivity contribution in [2.75, 3.05) is 26.2 Å². The number of hydrogen-bond acceptors (Lipinski definition) is 5. The van der Waals surface area contributed by atoms with E-state index in [-0.39, 0.29) is 17.4 Å². The average Bonchev–Trinajstić information content (AvgIpc) is 3.44. The van der Waals surface area contributed by atoms with Gasteiger partial charge in [0.05, 0.1) is 16.3 Å². The largest absolute Gasteiger partial charge is 0.349 e. The predicted molar refractivity (Wildman–Crippen MR) is 114 cm³/mol. The standard InChI is InChI=1S/C22H22FN5O3/c23-17-5-3-16(4-6-17)20-15-21(22(29)24-11-14-26-12-1-2-13-26)27(25-20)18-7-9-19(10-8-18)28(30)31/h3-10,15H,1-2,11-14H2,(H,24,29). The lowest BCUT2D eigenvalue weighted by Gasteiger charge is -2.15. The fourth-order valence-corrected chi connectivity index (χ4v) is 3.64. The molecule has 0 saturated carbocycles. The highest BCUT2D eigenvalue weighted by molar-refractivity contribution is 5.94. The number of nitro groups is 1. The highest BCUT2D eigenvalue weighted by Gasteiger charge is 2.19. The summed E-state index contributed by atoms with van der Waals surface area (Å²) in [4.78, 5) is 25.7. The average molecular weight is 423 g/mol. The Morgan fingerprint density at radius 3 is 2.42 bits per heavy atom. The molecular formula is C22H22FN5O3. The fourth-order valence-electron chi connectivity index (χ4n) is 3.64. The van der Waals surface area contributed by atoms with Crippen LogP contribution in [-0.4, -0.2) is 51.7 Å². The number of nitrogens with one attached hydrogen (secondary N) is 1. The smallest absolute Gasteiger partial charge is 0.270 e. The third kappa shape index (κ3) is 4.77. The minimum Gasteiger partial charge on any atom is -0.349 e. The van der Waals surface area contributed by atoms with Crippen molar-refractivity contribution in [3.8, 4) is 16.9 Å². The zero-order chi connectivity index (χ0) is 21.8. The topological polar surface area (TPSA) is 93.3 Å². The van der Waals surface area contributed by atoms with Crippen molar-refractivity contribution >= 4 is 11.6 Å². The lowest BCUT2D eigenvalue weighted by atomic mass is 10.1. The second kappa shape index (κ2) is 9.05. The summed E-state index contributed by atoms with van der Waals surface area (Å²) in [6.07, 6.45) is 2.36. The molecule has 9 heteroatoms. The maximum Gasteiger partial charge on any atom is 0.270 e. The minimum absolute atomic E-state index is 0.0497. The third-order valence-corrected chi connectivity index (χ3v) is 5.30. The Hall–Kier alpha value is -3.59. The van der Waals surface area contributed by atoms with Crippen LogP contribution in [0, 0.1) is 15.9 Å². The number of nitrogens with zero attached hydrogens (tertiary/aromatic N) is 4. The number of amides is 1. The number of carbonyl (C=O) groups is 1. The van der Waals surface area contributed by atoms with E-state index >= 15 is 0 Å². The van der Waals surface area contributed by atoms with Gasteiger partial charge < -0.3 is 10.2 Å². The predicted octanol–water partition coefficient (Wildman–Crippen LogP) is 3.41. The Labute approximate surface area is 178 Å². The molecule has 0 radical (unpaired) electrons. The maximum atomic E-state index is 13.3. The number of rotatable bonds is 7. The van der Waals surface area contributed by atoms with E-state index in [0.717, 1.165) is 19.6 Å². The van der Waals surface area contributed by atoms with Crippen LogP contribution in [0.2, 0.25) is 0 Å². The van der Waals surface area contributed by atoms with Gasteiger partial charge in [0.1, 0.15) is 11.5 Å². The number of nitro benzene ring substituents is 1. The molecule has 1 aromatic heterocycles. The Balaban J connectivity index is 1.61. The van der Waals surface area contributed by atoms with E-state index in [9.17, 15) is 19.3 Å². The summed E-state index contributed by atoms with van der Waals surface area (Å²) in [6.45, 7) is 3.38. The van der Waals surface area contributed by atoms with E-state index in [2.05, 4.69) is 15.3 Å². The first-order valence-electron chi connectivity index (χ1n) is 10.1. The minimum atomic E-state index is -0.483. The Morgan fingerprint density at radius 2 is 1.77 bits per heavy atom. The number of carbonyl (C=O) groups excluding carboxylic acids is 1.